The Hall–Kier alpha value is -1.79. The van der Waals surface area contributed by atoms with E-state index in [1.54, 1.807) is 20.8 Å². The summed E-state index contributed by atoms with van der Waals surface area (Å²) in [5.74, 6) is -1.35. The van der Waals surface area contributed by atoms with Gasteiger partial charge in [0.2, 0.25) is 5.91 Å². The van der Waals surface area contributed by atoms with Gasteiger partial charge in [-0.15, -0.1) is 0 Å². The van der Waals surface area contributed by atoms with Crippen molar-refractivity contribution in [2.45, 2.75) is 65.6 Å². The lowest BCUT2D eigenvalue weighted by molar-refractivity contribution is -0.150. The van der Waals surface area contributed by atoms with Crippen LogP contribution in [0.3, 0.4) is 0 Å². The van der Waals surface area contributed by atoms with E-state index < -0.39 is 35.7 Å². The van der Waals surface area contributed by atoms with Crippen LogP contribution in [0.2, 0.25) is 0 Å². The minimum Gasteiger partial charge on any atom is -0.480 e. The number of ether oxygens (including phenoxy) is 1. The highest BCUT2D eigenvalue weighted by molar-refractivity contribution is 5.89. The molecule has 0 bridgehead atoms. The zero-order valence-corrected chi connectivity index (χ0v) is 15.4. The number of carbonyl (C=O) groups excluding carboxylic acids is 2. The molecule has 7 nitrogen and oxygen atoms in total. The Morgan fingerprint density at radius 3 is 1.87 bits per heavy atom. The first-order valence-corrected chi connectivity index (χ1v) is 7.73. The molecule has 0 spiro atoms. The quantitative estimate of drug-likeness (QED) is 0.806. The second kappa shape index (κ2) is 8.17. The van der Waals surface area contributed by atoms with Crippen molar-refractivity contribution in [2.75, 3.05) is 14.1 Å². The van der Waals surface area contributed by atoms with E-state index in [2.05, 4.69) is 0 Å². The van der Waals surface area contributed by atoms with Gasteiger partial charge < -0.3 is 14.7 Å². The molecule has 7 heteroatoms. The van der Waals surface area contributed by atoms with Crippen LogP contribution in [0.4, 0.5) is 4.79 Å². The van der Waals surface area contributed by atoms with Gasteiger partial charge in [-0.2, -0.15) is 0 Å². The summed E-state index contributed by atoms with van der Waals surface area (Å²) in [7, 11) is 2.93. The number of hydrogen-bond acceptors (Lipinski definition) is 4. The van der Waals surface area contributed by atoms with Crippen molar-refractivity contribution in [1.29, 1.82) is 0 Å². The highest BCUT2D eigenvalue weighted by Gasteiger charge is 2.35. The summed E-state index contributed by atoms with van der Waals surface area (Å²) in [6.45, 7) is 10.5. The number of rotatable bonds is 6. The molecule has 0 aliphatic rings. The third-order valence-electron chi connectivity index (χ3n) is 3.41. The summed E-state index contributed by atoms with van der Waals surface area (Å²) in [5, 5.41) is 9.07. The second-order valence-corrected chi connectivity index (χ2v) is 7.20. The predicted octanol–water partition coefficient (Wildman–Crippen LogP) is 2.20. The summed E-state index contributed by atoms with van der Waals surface area (Å²) in [4.78, 5) is 38.4. The van der Waals surface area contributed by atoms with Crippen molar-refractivity contribution in [3.63, 3.8) is 0 Å². The minimum atomic E-state index is -1.09. The van der Waals surface area contributed by atoms with Crippen molar-refractivity contribution in [2.24, 2.45) is 5.92 Å². The molecule has 0 aromatic carbocycles. The number of carboxylic acids is 1. The molecule has 134 valence electrons. The Morgan fingerprint density at radius 1 is 1.04 bits per heavy atom. The Labute approximate surface area is 138 Å². The number of aliphatic carboxylic acids is 1. The number of carbonyl (C=O) groups is 3. The highest BCUT2D eigenvalue weighted by atomic mass is 16.6. The average molecular weight is 330 g/mol. The molecule has 1 N–H and O–H groups in total. The SMILES string of the molecule is CC(C)C[C@@H](C(=O)N(C)[C@H](C)C(=O)O)N(C)C(=O)OC(C)(C)C. The van der Waals surface area contributed by atoms with Gasteiger partial charge in [0.1, 0.15) is 17.7 Å². The van der Waals surface area contributed by atoms with E-state index in [4.69, 9.17) is 9.84 Å². The van der Waals surface area contributed by atoms with E-state index in [-0.39, 0.29) is 5.92 Å². The standard InChI is InChI=1S/C16H30N2O5/c1-10(2)9-12(13(19)17(7)11(3)14(20)21)18(8)15(22)23-16(4,5)6/h10-12H,9H2,1-8H3,(H,20,21)/t11-,12+/m1/s1. The van der Waals surface area contributed by atoms with Gasteiger partial charge in [0.05, 0.1) is 0 Å². The van der Waals surface area contributed by atoms with E-state index in [0.29, 0.717) is 6.42 Å². The van der Waals surface area contributed by atoms with Crippen LogP contribution < -0.4 is 0 Å². The normalized spacial score (nSPS) is 14.1. The van der Waals surface area contributed by atoms with Crippen molar-refractivity contribution in [3.05, 3.63) is 0 Å². The number of likely N-dealkylation sites (N-methyl/N-ethyl adjacent to an activating group) is 2. The summed E-state index contributed by atoms with van der Waals surface area (Å²) in [5.41, 5.74) is -0.670. The zero-order valence-electron chi connectivity index (χ0n) is 15.4. The molecule has 0 saturated carbocycles. The maximum Gasteiger partial charge on any atom is 0.410 e. The lowest BCUT2D eigenvalue weighted by Crippen LogP contribution is -2.53. The van der Waals surface area contributed by atoms with Crippen LogP contribution in [0.5, 0.6) is 0 Å². The Kier molecular flexibility index (Phi) is 7.54. The lowest BCUT2D eigenvalue weighted by atomic mass is 10.0. The molecule has 0 aromatic rings. The molecule has 2 atom stereocenters. The van der Waals surface area contributed by atoms with Crippen molar-refractivity contribution in [3.8, 4) is 0 Å². The Morgan fingerprint density at radius 2 is 1.52 bits per heavy atom. The summed E-state index contributed by atoms with van der Waals surface area (Å²) >= 11 is 0. The van der Waals surface area contributed by atoms with Gasteiger partial charge in [-0.1, -0.05) is 13.8 Å². The fourth-order valence-electron chi connectivity index (χ4n) is 1.92. The molecular weight excluding hydrogens is 300 g/mol. The van der Waals surface area contributed by atoms with Gasteiger partial charge in [0.15, 0.2) is 0 Å². The molecule has 0 radical (unpaired) electrons. The molecule has 2 amide bonds. The molecule has 0 aromatic heterocycles. The minimum absolute atomic E-state index is 0.155. The maximum absolute atomic E-state index is 12.6. The van der Waals surface area contributed by atoms with Crippen molar-refractivity contribution < 1.29 is 24.2 Å². The fourth-order valence-corrected chi connectivity index (χ4v) is 1.92. The maximum atomic E-state index is 12.6. The summed E-state index contributed by atoms with van der Waals surface area (Å²) < 4.78 is 5.30. The van der Waals surface area contributed by atoms with Gasteiger partial charge in [0.25, 0.3) is 0 Å². The van der Waals surface area contributed by atoms with Crippen LogP contribution >= 0.6 is 0 Å². The van der Waals surface area contributed by atoms with Gasteiger partial charge in [-0.05, 0) is 40.0 Å². The number of nitrogens with zero attached hydrogens (tertiary/aromatic N) is 2. The molecule has 0 fully saturated rings. The van der Waals surface area contributed by atoms with Gasteiger partial charge in [-0.25, -0.2) is 9.59 Å². The second-order valence-electron chi connectivity index (χ2n) is 7.20. The van der Waals surface area contributed by atoms with E-state index >= 15 is 0 Å². The molecule has 0 rings (SSSR count). The summed E-state index contributed by atoms with van der Waals surface area (Å²) in [6.07, 6.45) is -0.182. The third kappa shape index (κ3) is 6.88. The Balaban J connectivity index is 5.31. The van der Waals surface area contributed by atoms with Gasteiger partial charge >= 0.3 is 12.1 Å². The largest absolute Gasteiger partial charge is 0.480 e. The van der Waals surface area contributed by atoms with Crippen LogP contribution in [0, 0.1) is 5.92 Å². The molecule has 0 unspecified atom stereocenters. The molecule has 0 heterocycles. The average Bonchev–Trinajstić information content (AvgIpc) is 2.39. The smallest absolute Gasteiger partial charge is 0.410 e. The van der Waals surface area contributed by atoms with Crippen LogP contribution in [-0.2, 0) is 14.3 Å². The molecule has 23 heavy (non-hydrogen) atoms. The van der Waals surface area contributed by atoms with Gasteiger partial charge in [-0.3, -0.25) is 9.69 Å². The van der Waals surface area contributed by atoms with Crippen LogP contribution in [0.15, 0.2) is 0 Å². The highest BCUT2D eigenvalue weighted by Crippen LogP contribution is 2.17. The van der Waals surface area contributed by atoms with Crippen molar-refractivity contribution in [1.82, 2.24) is 9.80 Å². The molecule has 0 aliphatic heterocycles. The number of carboxylic acid groups (broad SMARTS) is 1. The molecule has 0 saturated heterocycles. The van der Waals surface area contributed by atoms with Crippen LogP contribution in [0.1, 0.15) is 48.0 Å². The zero-order chi connectivity index (χ0) is 18.5. The monoisotopic (exact) mass is 330 g/mol. The third-order valence-corrected chi connectivity index (χ3v) is 3.41. The van der Waals surface area contributed by atoms with E-state index in [0.717, 1.165) is 4.90 Å². The van der Waals surface area contributed by atoms with Crippen LogP contribution in [-0.4, -0.2) is 64.7 Å². The lowest BCUT2D eigenvalue weighted by Gasteiger charge is -2.34. The van der Waals surface area contributed by atoms with E-state index in [1.165, 1.54) is 25.9 Å². The fraction of sp³-hybridized carbons (Fsp3) is 0.812. The van der Waals surface area contributed by atoms with E-state index in [1.807, 2.05) is 13.8 Å². The first-order chi connectivity index (χ1) is 10.3. The first-order valence-electron chi connectivity index (χ1n) is 7.73. The van der Waals surface area contributed by atoms with Crippen LogP contribution in [0.25, 0.3) is 0 Å². The Bertz CT molecular complexity index is 442. The number of hydrogen-bond donors (Lipinski definition) is 1. The summed E-state index contributed by atoms with van der Waals surface area (Å²) in [6, 6.07) is -1.74. The molecular formula is C16H30N2O5. The molecule has 0 aliphatic carbocycles. The van der Waals surface area contributed by atoms with Crippen molar-refractivity contribution >= 4 is 18.0 Å². The first kappa shape index (κ1) is 21.2. The predicted molar refractivity (Wildman–Crippen MR) is 87.1 cm³/mol. The topological polar surface area (TPSA) is 87.2 Å². The van der Waals surface area contributed by atoms with Gasteiger partial charge in [0, 0.05) is 14.1 Å². The van der Waals surface area contributed by atoms with E-state index in [9.17, 15) is 14.4 Å². The number of amides is 2.